The van der Waals surface area contributed by atoms with Gasteiger partial charge < -0.3 is 18.8 Å². The van der Waals surface area contributed by atoms with Crippen LogP contribution in [0.25, 0.3) is 0 Å². The summed E-state index contributed by atoms with van der Waals surface area (Å²) in [6, 6.07) is 10.3. The Kier molecular flexibility index (Phi) is 7.21. The van der Waals surface area contributed by atoms with E-state index in [1.165, 1.54) is 11.1 Å². The molecule has 0 N–H and O–H groups in total. The zero-order valence-electron chi connectivity index (χ0n) is 19.6. The van der Waals surface area contributed by atoms with E-state index in [4.69, 9.17) is 13.9 Å². The third kappa shape index (κ3) is 6.14. The summed E-state index contributed by atoms with van der Waals surface area (Å²) in [6.07, 6.45) is 7.05. The van der Waals surface area contributed by atoms with Crippen LogP contribution in [0.3, 0.4) is 0 Å². The van der Waals surface area contributed by atoms with Gasteiger partial charge in [-0.15, -0.1) is 0 Å². The molecule has 6 heteroatoms. The minimum absolute atomic E-state index is 0.0898. The van der Waals surface area contributed by atoms with Crippen LogP contribution >= 0.6 is 0 Å². The van der Waals surface area contributed by atoms with Crippen LogP contribution in [-0.4, -0.2) is 54.2 Å². The van der Waals surface area contributed by atoms with E-state index in [1.54, 1.807) is 12.5 Å². The van der Waals surface area contributed by atoms with E-state index in [9.17, 15) is 4.79 Å². The molecule has 6 nitrogen and oxygen atoms in total. The highest BCUT2D eigenvalue weighted by Crippen LogP contribution is 2.31. The zero-order valence-corrected chi connectivity index (χ0v) is 19.6. The number of piperidine rings is 1. The van der Waals surface area contributed by atoms with Gasteiger partial charge in [-0.05, 0) is 57.5 Å². The number of benzene rings is 1. The number of rotatable bonds is 7. The molecule has 1 atom stereocenters. The third-order valence-electron chi connectivity index (χ3n) is 6.49. The Morgan fingerprint density at radius 3 is 2.66 bits per heavy atom. The average Bonchev–Trinajstić information content (AvgIpc) is 3.26. The first-order chi connectivity index (χ1) is 15.4. The van der Waals surface area contributed by atoms with Crippen LogP contribution in [0.5, 0.6) is 5.75 Å². The molecule has 2 aromatic rings. The van der Waals surface area contributed by atoms with Gasteiger partial charge in [-0.3, -0.25) is 9.69 Å². The lowest BCUT2D eigenvalue weighted by molar-refractivity contribution is -0.147. The molecule has 0 unspecified atom stereocenters. The molecule has 2 aliphatic rings. The van der Waals surface area contributed by atoms with E-state index in [-0.39, 0.29) is 17.6 Å². The molecule has 0 bridgehead atoms. The van der Waals surface area contributed by atoms with Crippen molar-refractivity contribution in [3.05, 3.63) is 54.0 Å². The first kappa shape index (κ1) is 22.9. The maximum atomic E-state index is 13.0. The summed E-state index contributed by atoms with van der Waals surface area (Å²) < 4.78 is 17.2. The molecule has 1 aromatic heterocycles. The van der Waals surface area contributed by atoms with E-state index in [2.05, 4.69) is 44.0 Å². The topological polar surface area (TPSA) is 55.2 Å². The number of carbonyl (C=O) groups excluding carboxylic acids is 1. The highest BCUT2D eigenvalue weighted by molar-refractivity contribution is 5.79. The van der Waals surface area contributed by atoms with Crippen molar-refractivity contribution in [2.45, 2.75) is 64.3 Å². The van der Waals surface area contributed by atoms with E-state index >= 15 is 0 Å². The summed E-state index contributed by atoms with van der Waals surface area (Å²) in [5, 5.41) is 0. The molecule has 1 amide bonds. The van der Waals surface area contributed by atoms with Gasteiger partial charge in [-0.2, -0.15) is 0 Å². The van der Waals surface area contributed by atoms with Crippen LogP contribution in [0.15, 0.2) is 47.3 Å². The number of nitrogens with zero attached hydrogens (tertiary/aromatic N) is 2. The lowest BCUT2D eigenvalue weighted by Crippen LogP contribution is -2.47. The minimum Gasteiger partial charge on any atom is -0.490 e. The molecular weight excluding hydrogens is 404 g/mol. The highest BCUT2D eigenvalue weighted by Gasteiger charge is 2.36. The SMILES string of the molecule is CN(Cc1ccoc1)Cc1cccc(OC2CCN(C(=O)[C@H]3CCOC(C)(C)C3)CC2)c1. The van der Waals surface area contributed by atoms with Crippen LogP contribution in [0.4, 0.5) is 0 Å². The van der Waals surface area contributed by atoms with Crippen molar-refractivity contribution in [1.29, 1.82) is 0 Å². The molecule has 0 spiro atoms. The Morgan fingerprint density at radius 2 is 1.94 bits per heavy atom. The smallest absolute Gasteiger partial charge is 0.225 e. The zero-order chi connectivity index (χ0) is 22.6. The van der Waals surface area contributed by atoms with E-state index in [0.29, 0.717) is 12.5 Å². The highest BCUT2D eigenvalue weighted by atomic mass is 16.5. The quantitative estimate of drug-likeness (QED) is 0.635. The number of carbonyl (C=O) groups is 1. The Hall–Kier alpha value is -2.31. The lowest BCUT2D eigenvalue weighted by Gasteiger charge is -2.39. The van der Waals surface area contributed by atoms with Gasteiger partial charge in [0.05, 0.1) is 18.1 Å². The second-order valence-corrected chi connectivity index (χ2v) is 9.89. The largest absolute Gasteiger partial charge is 0.490 e. The maximum Gasteiger partial charge on any atom is 0.225 e. The molecule has 4 rings (SSSR count). The number of hydrogen-bond donors (Lipinski definition) is 0. The summed E-state index contributed by atoms with van der Waals surface area (Å²) >= 11 is 0. The predicted octanol–water partition coefficient (Wildman–Crippen LogP) is 4.49. The van der Waals surface area contributed by atoms with Crippen molar-refractivity contribution in [1.82, 2.24) is 9.80 Å². The number of amides is 1. The first-order valence-corrected chi connectivity index (χ1v) is 11.8. The number of ether oxygens (including phenoxy) is 2. The molecular formula is C26H36N2O4. The molecule has 32 heavy (non-hydrogen) atoms. The molecule has 2 fully saturated rings. The Morgan fingerprint density at radius 1 is 1.16 bits per heavy atom. The minimum atomic E-state index is -0.197. The van der Waals surface area contributed by atoms with Gasteiger partial charge in [0.15, 0.2) is 0 Å². The summed E-state index contributed by atoms with van der Waals surface area (Å²) in [7, 11) is 2.10. The molecule has 0 radical (unpaired) electrons. The first-order valence-electron chi connectivity index (χ1n) is 11.8. The van der Waals surface area contributed by atoms with Gasteiger partial charge >= 0.3 is 0 Å². The fourth-order valence-corrected chi connectivity index (χ4v) is 4.87. The molecule has 0 saturated carbocycles. The van der Waals surface area contributed by atoms with Crippen LogP contribution in [0.2, 0.25) is 0 Å². The normalized spacial score (nSPS) is 21.6. The lowest BCUT2D eigenvalue weighted by atomic mass is 9.87. The van der Waals surface area contributed by atoms with E-state index < -0.39 is 0 Å². The third-order valence-corrected chi connectivity index (χ3v) is 6.49. The summed E-state index contributed by atoms with van der Waals surface area (Å²) in [5.74, 6) is 1.30. The fraction of sp³-hybridized carbons (Fsp3) is 0.577. The second kappa shape index (κ2) is 10.1. The molecule has 1 aromatic carbocycles. The van der Waals surface area contributed by atoms with E-state index in [1.807, 2.05) is 17.0 Å². The summed E-state index contributed by atoms with van der Waals surface area (Å²) in [6.45, 7) is 8.07. The molecule has 2 aliphatic heterocycles. The van der Waals surface area contributed by atoms with Crippen LogP contribution in [0.1, 0.15) is 50.7 Å². The maximum absolute atomic E-state index is 13.0. The molecule has 3 heterocycles. The van der Waals surface area contributed by atoms with Gasteiger partial charge in [0.25, 0.3) is 0 Å². The van der Waals surface area contributed by atoms with Gasteiger partial charge in [-0.25, -0.2) is 0 Å². The Bertz CT molecular complexity index is 872. The van der Waals surface area contributed by atoms with Crippen LogP contribution < -0.4 is 4.74 Å². The van der Waals surface area contributed by atoms with Crippen molar-refractivity contribution < 1.29 is 18.7 Å². The van der Waals surface area contributed by atoms with Crippen molar-refractivity contribution in [3.8, 4) is 5.75 Å². The number of likely N-dealkylation sites (tertiary alicyclic amines) is 1. The van der Waals surface area contributed by atoms with Gasteiger partial charge in [0.1, 0.15) is 11.9 Å². The van der Waals surface area contributed by atoms with Crippen LogP contribution in [-0.2, 0) is 22.6 Å². The second-order valence-electron chi connectivity index (χ2n) is 9.89. The fourth-order valence-electron chi connectivity index (χ4n) is 4.87. The van der Waals surface area contributed by atoms with Crippen molar-refractivity contribution in [3.63, 3.8) is 0 Å². The standard InChI is InChI=1S/C26H36N2O4/c1-26(2)16-22(10-14-31-26)25(29)28-11-7-23(8-12-28)32-24-6-4-5-20(15-24)17-27(3)18-21-9-13-30-19-21/h4-6,9,13,15,19,22-23H,7-8,10-12,14,16-18H2,1-3H3/t22-/m0/s1. The average molecular weight is 441 g/mol. The van der Waals surface area contributed by atoms with Crippen molar-refractivity contribution in [2.24, 2.45) is 5.92 Å². The number of hydrogen-bond acceptors (Lipinski definition) is 5. The molecule has 0 aliphatic carbocycles. The predicted molar refractivity (Wildman–Crippen MR) is 123 cm³/mol. The summed E-state index contributed by atoms with van der Waals surface area (Å²) in [4.78, 5) is 17.3. The number of furan rings is 1. The van der Waals surface area contributed by atoms with Gasteiger partial charge in [-0.1, -0.05) is 12.1 Å². The molecule has 2 saturated heterocycles. The summed E-state index contributed by atoms with van der Waals surface area (Å²) in [5.41, 5.74) is 2.20. The molecule has 174 valence electrons. The van der Waals surface area contributed by atoms with Crippen molar-refractivity contribution >= 4 is 5.91 Å². The van der Waals surface area contributed by atoms with Gasteiger partial charge in [0, 0.05) is 57.1 Å². The van der Waals surface area contributed by atoms with Crippen molar-refractivity contribution in [2.75, 3.05) is 26.7 Å². The van der Waals surface area contributed by atoms with Gasteiger partial charge in [0.2, 0.25) is 5.91 Å². The monoisotopic (exact) mass is 440 g/mol. The Balaban J connectivity index is 1.25. The van der Waals surface area contributed by atoms with Crippen LogP contribution in [0, 0.1) is 5.92 Å². The Labute approximate surface area is 191 Å². The van der Waals surface area contributed by atoms with E-state index in [0.717, 1.165) is 57.6 Å².